The van der Waals surface area contributed by atoms with E-state index in [9.17, 15) is 18.3 Å². The second kappa shape index (κ2) is 15.5. The van der Waals surface area contributed by atoms with Crippen LogP contribution in [0, 0.1) is 23.7 Å². The summed E-state index contributed by atoms with van der Waals surface area (Å²) in [4.78, 5) is 18.3. The number of nitrogens with one attached hydrogen (secondary N) is 1. The number of ether oxygens (including phenoxy) is 3. The van der Waals surface area contributed by atoms with Crippen LogP contribution < -0.4 is 14.4 Å². The van der Waals surface area contributed by atoms with Crippen molar-refractivity contribution in [1.82, 2.24) is 9.62 Å². The zero-order valence-corrected chi connectivity index (χ0v) is 31.6. The van der Waals surface area contributed by atoms with Gasteiger partial charge in [-0.1, -0.05) is 31.0 Å². The predicted octanol–water partition coefficient (Wildman–Crippen LogP) is 5.61. The fourth-order valence-corrected chi connectivity index (χ4v) is 10.7. The Morgan fingerprint density at radius 1 is 1.02 bits per heavy atom. The summed E-state index contributed by atoms with van der Waals surface area (Å²) in [7, 11) is -3.96. The molecular formula is C39H54ClN3O7S. The largest absolute Gasteiger partial charge is 0.483 e. The van der Waals surface area contributed by atoms with Crippen LogP contribution >= 0.6 is 11.6 Å². The molecule has 1 saturated heterocycles. The van der Waals surface area contributed by atoms with Crippen LogP contribution in [0.4, 0.5) is 5.69 Å². The highest BCUT2D eigenvalue weighted by atomic mass is 35.5. The quantitative estimate of drug-likeness (QED) is 0.404. The number of sulfonamides is 1. The molecule has 2 bridgehead atoms. The summed E-state index contributed by atoms with van der Waals surface area (Å²) >= 11 is 6.44. The number of aryl methyl sites for hydroxylation is 1. The van der Waals surface area contributed by atoms with Gasteiger partial charge in [-0.3, -0.25) is 9.69 Å². The first kappa shape index (κ1) is 36.9. The topological polar surface area (TPSA) is 118 Å². The molecule has 2 aromatic rings. The Morgan fingerprint density at radius 2 is 1.82 bits per heavy atom. The van der Waals surface area contributed by atoms with Crippen LogP contribution in [0.3, 0.4) is 0 Å². The Labute approximate surface area is 308 Å². The number of hydrogen-bond acceptors (Lipinski definition) is 9. The smallest absolute Gasteiger partial charge is 0.264 e. The SMILES string of the molecule is C[C@@H]1[C@@H](C)CCC[C@](CO)(OCCN2CCOCC2)[C@@H]2CC[C@H]2CN2C[C@H]3CCCc4cc(Cl)ccc4C3Oc3ccc(cc32)C(=O)NS1(=O)=O. The highest BCUT2D eigenvalue weighted by molar-refractivity contribution is 7.90. The van der Waals surface area contributed by atoms with Gasteiger partial charge in [0, 0.05) is 49.2 Å². The fraction of sp³-hybridized carbons (Fsp3) is 0.667. The minimum absolute atomic E-state index is 0.0799. The van der Waals surface area contributed by atoms with E-state index in [1.807, 2.05) is 19.1 Å². The van der Waals surface area contributed by atoms with Gasteiger partial charge < -0.3 is 24.2 Å². The van der Waals surface area contributed by atoms with E-state index < -0.39 is 26.8 Å². The standard InChI is InChI=1S/C39H54ClN3O7S/c1-26-5-4-14-39(25-44,49-20-17-42-15-18-48-19-16-42)34-12-8-30(34)23-43-24-31-7-3-6-28-21-32(40)10-11-33(28)37(31)50-36-13-9-29(22-35(36)43)38(45)41-51(46,47)27(26)2/h9-11,13,21-22,26-27,30-31,34,37,44H,3-8,12,14-20,23-25H2,1-2H3,(H,41,45)/t26-,27+,30-,31+,34+,37?,39+/m0/s1. The van der Waals surface area contributed by atoms with E-state index in [-0.39, 0.29) is 41.9 Å². The molecule has 3 aliphatic heterocycles. The Morgan fingerprint density at radius 3 is 2.59 bits per heavy atom. The number of aliphatic hydroxyl groups excluding tert-OH is 1. The Kier molecular flexibility index (Phi) is 11.2. The second-order valence-electron chi connectivity index (χ2n) is 15.6. The Bertz CT molecular complexity index is 1670. The summed E-state index contributed by atoms with van der Waals surface area (Å²) in [5.74, 6) is 0.450. The van der Waals surface area contributed by atoms with Gasteiger partial charge in [0.05, 0.1) is 43.0 Å². The molecule has 0 radical (unpaired) electrons. The summed E-state index contributed by atoms with van der Waals surface area (Å²) in [5, 5.41) is 11.1. The molecule has 2 aliphatic carbocycles. The molecular weight excluding hydrogens is 690 g/mol. The number of aliphatic hydroxyl groups is 1. The van der Waals surface area contributed by atoms with Crippen molar-refractivity contribution in [2.75, 3.05) is 64.1 Å². The van der Waals surface area contributed by atoms with E-state index >= 15 is 0 Å². The number of rotatable bonds is 5. The number of fused-ring (bicyclic) bond motifs is 5. The maximum absolute atomic E-state index is 13.6. The van der Waals surface area contributed by atoms with Gasteiger partial charge in [0.25, 0.3) is 5.91 Å². The summed E-state index contributed by atoms with van der Waals surface area (Å²) in [6.07, 6.45) is 6.72. The van der Waals surface area contributed by atoms with Gasteiger partial charge >= 0.3 is 0 Å². The lowest BCUT2D eigenvalue weighted by molar-refractivity contribution is -0.163. The summed E-state index contributed by atoms with van der Waals surface area (Å²) < 4.78 is 48.8. The number of halogens is 1. The molecule has 51 heavy (non-hydrogen) atoms. The number of amides is 1. The van der Waals surface area contributed by atoms with Crippen LogP contribution in [0.2, 0.25) is 5.02 Å². The van der Waals surface area contributed by atoms with Gasteiger partial charge in [0.15, 0.2) is 0 Å². The van der Waals surface area contributed by atoms with Crippen molar-refractivity contribution in [2.24, 2.45) is 23.7 Å². The van der Waals surface area contributed by atoms with Gasteiger partial charge in [0.2, 0.25) is 10.0 Å². The number of hydrogen-bond donors (Lipinski definition) is 2. The van der Waals surface area contributed by atoms with Crippen LogP contribution in [-0.4, -0.2) is 94.3 Å². The zero-order valence-electron chi connectivity index (χ0n) is 30.0. The summed E-state index contributed by atoms with van der Waals surface area (Å²) in [6.45, 7) is 9.46. The monoisotopic (exact) mass is 743 g/mol. The van der Waals surface area contributed by atoms with Gasteiger partial charge in [-0.2, -0.15) is 0 Å². The van der Waals surface area contributed by atoms with Crippen LogP contribution in [0.5, 0.6) is 5.75 Å². The molecule has 2 N–H and O–H groups in total. The lowest BCUT2D eigenvalue weighted by atomic mass is 9.63. The minimum atomic E-state index is -3.96. The number of carbonyl (C=O) groups excluding carboxylic acids is 1. The highest BCUT2D eigenvalue weighted by Crippen LogP contribution is 2.50. The first-order valence-corrected chi connectivity index (χ1v) is 20.9. The number of anilines is 1. The second-order valence-corrected chi connectivity index (χ2v) is 18.1. The molecule has 3 heterocycles. The van der Waals surface area contributed by atoms with E-state index in [4.69, 9.17) is 25.8 Å². The maximum Gasteiger partial charge on any atom is 0.264 e. The van der Waals surface area contributed by atoms with E-state index in [0.29, 0.717) is 31.6 Å². The van der Waals surface area contributed by atoms with E-state index in [1.54, 1.807) is 19.1 Å². The van der Waals surface area contributed by atoms with Gasteiger partial charge in [-0.05, 0) is 111 Å². The van der Waals surface area contributed by atoms with Crippen molar-refractivity contribution in [1.29, 1.82) is 0 Å². The third kappa shape index (κ3) is 7.80. The Balaban J connectivity index is 1.25. The fourth-order valence-electron chi connectivity index (χ4n) is 9.19. The van der Waals surface area contributed by atoms with E-state index in [2.05, 4.69) is 26.7 Å². The van der Waals surface area contributed by atoms with Crippen molar-refractivity contribution in [2.45, 2.75) is 82.2 Å². The zero-order chi connectivity index (χ0) is 35.8. The molecule has 10 nitrogen and oxygen atoms in total. The summed E-state index contributed by atoms with van der Waals surface area (Å²) in [6, 6.07) is 11.4. The average molecular weight is 744 g/mol. The molecule has 12 heteroatoms. The van der Waals surface area contributed by atoms with Crippen LogP contribution in [0.25, 0.3) is 0 Å². The number of nitrogens with zero attached hydrogens (tertiary/aromatic N) is 2. The van der Waals surface area contributed by atoms with Crippen molar-refractivity contribution in [3.8, 4) is 5.75 Å². The lowest BCUT2D eigenvalue weighted by Crippen LogP contribution is -2.55. The molecule has 7 atom stereocenters. The molecule has 0 spiro atoms. The molecule has 1 unspecified atom stereocenters. The highest BCUT2D eigenvalue weighted by Gasteiger charge is 2.49. The average Bonchev–Trinajstić information content (AvgIpc) is 3.36. The molecule has 5 aliphatic rings. The third-order valence-corrected chi connectivity index (χ3v) is 14.8. The Hall–Kier alpha value is -2.41. The molecule has 2 aromatic carbocycles. The van der Waals surface area contributed by atoms with Crippen molar-refractivity contribution in [3.05, 3.63) is 58.1 Å². The number of morpholine rings is 1. The number of carbonyl (C=O) groups is 1. The lowest BCUT2D eigenvalue weighted by Gasteiger charge is -2.51. The number of benzene rings is 2. The van der Waals surface area contributed by atoms with E-state index in [1.165, 1.54) is 5.56 Å². The predicted molar refractivity (Wildman–Crippen MR) is 198 cm³/mol. The van der Waals surface area contributed by atoms with E-state index in [0.717, 1.165) is 94.3 Å². The summed E-state index contributed by atoms with van der Waals surface area (Å²) in [5.41, 5.74) is 2.72. The van der Waals surface area contributed by atoms with Crippen LogP contribution in [0.15, 0.2) is 36.4 Å². The maximum atomic E-state index is 13.6. The first-order chi connectivity index (χ1) is 24.6. The van der Waals surface area contributed by atoms with Crippen LogP contribution in [0.1, 0.15) is 86.4 Å². The van der Waals surface area contributed by atoms with Crippen molar-refractivity contribution >= 4 is 33.2 Å². The normalized spacial score (nSPS) is 32.9. The third-order valence-electron chi connectivity index (χ3n) is 12.6. The van der Waals surface area contributed by atoms with Crippen molar-refractivity contribution < 1.29 is 32.5 Å². The molecule has 280 valence electrons. The minimum Gasteiger partial charge on any atom is -0.483 e. The molecule has 7 rings (SSSR count). The van der Waals surface area contributed by atoms with Gasteiger partial charge in [-0.25, -0.2) is 13.1 Å². The van der Waals surface area contributed by atoms with Crippen molar-refractivity contribution in [3.63, 3.8) is 0 Å². The molecule has 1 amide bonds. The van der Waals surface area contributed by atoms with Gasteiger partial charge in [-0.15, -0.1) is 0 Å². The molecule has 1 saturated carbocycles. The first-order valence-electron chi connectivity index (χ1n) is 19.0. The molecule has 0 aromatic heterocycles. The van der Waals surface area contributed by atoms with Gasteiger partial charge in [0.1, 0.15) is 11.9 Å². The molecule has 2 fully saturated rings. The van der Waals surface area contributed by atoms with Crippen LogP contribution in [-0.2, 0) is 25.9 Å².